The van der Waals surface area contributed by atoms with Crippen molar-refractivity contribution in [3.63, 3.8) is 0 Å². The molecule has 3 aromatic heterocycles. The second-order valence-electron chi connectivity index (χ2n) is 7.23. The van der Waals surface area contributed by atoms with Gasteiger partial charge in [-0.25, -0.2) is 14.4 Å². The number of H-pyrrole nitrogens is 1. The molecule has 1 aromatic carbocycles. The Hall–Kier alpha value is -3.75. The van der Waals surface area contributed by atoms with Crippen LogP contribution >= 0.6 is 0 Å². The highest BCUT2D eigenvalue weighted by molar-refractivity contribution is 5.93. The first-order valence-corrected chi connectivity index (χ1v) is 9.68. The van der Waals surface area contributed by atoms with E-state index in [0.717, 1.165) is 17.8 Å². The van der Waals surface area contributed by atoms with Crippen LogP contribution < -0.4 is 4.74 Å². The van der Waals surface area contributed by atoms with Gasteiger partial charge in [-0.2, -0.15) is 5.10 Å². The molecular formula is C21H19FN6O2. The van der Waals surface area contributed by atoms with Gasteiger partial charge in [0.05, 0.1) is 11.4 Å². The first-order valence-electron chi connectivity index (χ1n) is 9.68. The minimum atomic E-state index is -0.399. The number of amides is 1. The SMILES string of the molecule is O=C(c1cn2cccnc2n1)N1CC[C@@H](c2cc(COc3ccccc3F)[nH]n2)C1. The second kappa shape index (κ2) is 7.58. The van der Waals surface area contributed by atoms with Gasteiger partial charge in [0, 0.05) is 37.6 Å². The predicted molar refractivity (Wildman–Crippen MR) is 106 cm³/mol. The van der Waals surface area contributed by atoms with Crippen molar-refractivity contribution in [3.05, 3.63) is 77.9 Å². The first-order chi connectivity index (χ1) is 14.7. The van der Waals surface area contributed by atoms with Gasteiger partial charge in [-0.05, 0) is 30.7 Å². The smallest absolute Gasteiger partial charge is 0.274 e. The minimum absolute atomic E-state index is 0.110. The number of aromatic nitrogens is 5. The molecule has 1 atom stereocenters. The lowest BCUT2D eigenvalue weighted by Gasteiger charge is -2.14. The predicted octanol–water partition coefficient (Wildman–Crippen LogP) is 2.80. The van der Waals surface area contributed by atoms with Gasteiger partial charge in [-0.15, -0.1) is 0 Å². The van der Waals surface area contributed by atoms with Crippen molar-refractivity contribution in [2.75, 3.05) is 13.1 Å². The highest BCUT2D eigenvalue weighted by Gasteiger charge is 2.30. The summed E-state index contributed by atoms with van der Waals surface area (Å²) < 4.78 is 20.9. The Morgan fingerprint density at radius 3 is 3.07 bits per heavy atom. The molecule has 4 heterocycles. The number of fused-ring (bicyclic) bond motifs is 1. The van der Waals surface area contributed by atoms with Crippen LogP contribution in [0.4, 0.5) is 4.39 Å². The molecule has 0 saturated carbocycles. The number of rotatable bonds is 5. The number of carbonyl (C=O) groups excluding carboxylic acids is 1. The summed E-state index contributed by atoms with van der Waals surface area (Å²) in [5.74, 6) is 0.324. The van der Waals surface area contributed by atoms with Crippen LogP contribution in [0.3, 0.4) is 0 Å². The first kappa shape index (κ1) is 18.3. The molecule has 1 saturated heterocycles. The van der Waals surface area contributed by atoms with E-state index in [4.69, 9.17) is 4.74 Å². The van der Waals surface area contributed by atoms with Crippen LogP contribution in [0.15, 0.2) is 55.0 Å². The standard InChI is InChI=1S/C21H19FN6O2/c22-16-4-1-2-5-19(16)30-13-15-10-17(26-25-15)14-6-9-27(11-14)20(29)18-12-28-8-3-7-23-21(28)24-18/h1-5,7-8,10,12,14H,6,9,11,13H2,(H,25,26)/t14-/m1/s1. The molecule has 4 aromatic rings. The third kappa shape index (κ3) is 3.49. The van der Waals surface area contributed by atoms with Crippen molar-refractivity contribution in [1.29, 1.82) is 0 Å². The summed E-state index contributed by atoms with van der Waals surface area (Å²) in [6, 6.07) is 9.99. The van der Waals surface area contributed by atoms with E-state index in [1.807, 2.05) is 12.3 Å². The lowest BCUT2D eigenvalue weighted by Crippen LogP contribution is -2.28. The highest BCUT2D eigenvalue weighted by Crippen LogP contribution is 2.27. The lowest BCUT2D eigenvalue weighted by atomic mass is 10.1. The lowest BCUT2D eigenvalue weighted by molar-refractivity contribution is 0.0785. The minimum Gasteiger partial charge on any atom is -0.484 e. The van der Waals surface area contributed by atoms with Gasteiger partial charge in [0.2, 0.25) is 5.78 Å². The van der Waals surface area contributed by atoms with E-state index in [0.29, 0.717) is 24.6 Å². The number of benzene rings is 1. The average Bonchev–Trinajstić information content (AvgIpc) is 3.51. The largest absolute Gasteiger partial charge is 0.484 e. The molecule has 8 nitrogen and oxygen atoms in total. The van der Waals surface area contributed by atoms with Crippen LogP contribution in [-0.2, 0) is 6.61 Å². The maximum Gasteiger partial charge on any atom is 0.274 e. The number of carbonyl (C=O) groups is 1. The number of para-hydroxylation sites is 1. The molecular weight excluding hydrogens is 387 g/mol. The van der Waals surface area contributed by atoms with Gasteiger partial charge in [0.15, 0.2) is 11.6 Å². The third-order valence-corrected chi connectivity index (χ3v) is 5.22. The Labute approximate surface area is 171 Å². The van der Waals surface area contributed by atoms with Crippen LogP contribution in [0.25, 0.3) is 5.78 Å². The Bertz CT molecular complexity index is 1170. The van der Waals surface area contributed by atoms with Gasteiger partial charge >= 0.3 is 0 Å². The number of nitrogens with one attached hydrogen (secondary N) is 1. The van der Waals surface area contributed by atoms with Gasteiger partial charge in [-0.1, -0.05) is 12.1 Å². The number of halogens is 1. The Balaban J connectivity index is 1.22. The summed E-state index contributed by atoms with van der Waals surface area (Å²) in [7, 11) is 0. The van der Waals surface area contributed by atoms with Crippen LogP contribution in [0.1, 0.15) is 34.2 Å². The van der Waals surface area contributed by atoms with Crippen LogP contribution in [0.5, 0.6) is 5.75 Å². The molecule has 0 aliphatic carbocycles. The van der Waals surface area contributed by atoms with Crippen molar-refractivity contribution in [2.24, 2.45) is 0 Å². The van der Waals surface area contributed by atoms with Crippen molar-refractivity contribution in [2.45, 2.75) is 18.9 Å². The van der Waals surface area contributed by atoms with Gasteiger partial charge < -0.3 is 9.64 Å². The monoisotopic (exact) mass is 406 g/mol. The van der Waals surface area contributed by atoms with Crippen molar-refractivity contribution < 1.29 is 13.9 Å². The fourth-order valence-corrected chi connectivity index (χ4v) is 3.66. The summed E-state index contributed by atoms with van der Waals surface area (Å²) in [4.78, 5) is 23.1. The van der Waals surface area contributed by atoms with E-state index >= 15 is 0 Å². The van der Waals surface area contributed by atoms with E-state index in [1.54, 1.807) is 46.0 Å². The van der Waals surface area contributed by atoms with E-state index in [1.165, 1.54) is 6.07 Å². The van der Waals surface area contributed by atoms with Crippen LogP contribution in [0, 0.1) is 5.82 Å². The quantitative estimate of drug-likeness (QED) is 0.551. The van der Waals surface area contributed by atoms with Gasteiger partial charge in [0.25, 0.3) is 5.91 Å². The summed E-state index contributed by atoms with van der Waals surface area (Å²) in [5, 5.41) is 7.31. The molecule has 1 fully saturated rings. The maximum absolute atomic E-state index is 13.7. The number of imidazole rings is 1. The zero-order chi connectivity index (χ0) is 20.5. The summed E-state index contributed by atoms with van der Waals surface area (Å²) in [6.07, 6.45) is 5.97. The third-order valence-electron chi connectivity index (χ3n) is 5.22. The Morgan fingerprint density at radius 2 is 2.20 bits per heavy atom. The van der Waals surface area contributed by atoms with Crippen LogP contribution in [0.2, 0.25) is 0 Å². The number of nitrogens with zero attached hydrogens (tertiary/aromatic N) is 5. The molecule has 0 radical (unpaired) electrons. The molecule has 0 bridgehead atoms. The van der Waals surface area contributed by atoms with E-state index in [2.05, 4.69) is 20.2 Å². The fourth-order valence-electron chi connectivity index (χ4n) is 3.66. The number of likely N-dealkylation sites (tertiary alicyclic amines) is 1. The normalized spacial score (nSPS) is 16.3. The van der Waals surface area contributed by atoms with Crippen molar-refractivity contribution in [3.8, 4) is 5.75 Å². The van der Waals surface area contributed by atoms with E-state index in [9.17, 15) is 9.18 Å². The molecule has 30 heavy (non-hydrogen) atoms. The van der Waals surface area contributed by atoms with Crippen molar-refractivity contribution in [1.82, 2.24) is 29.5 Å². The molecule has 0 spiro atoms. The second-order valence-corrected chi connectivity index (χ2v) is 7.23. The molecule has 0 unspecified atom stereocenters. The fraction of sp³-hybridized carbons (Fsp3) is 0.238. The molecule has 152 valence electrons. The molecule has 1 amide bonds. The maximum atomic E-state index is 13.7. The summed E-state index contributed by atoms with van der Waals surface area (Å²) >= 11 is 0. The molecule has 1 aliphatic rings. The zero-order valence-corrected chi connectivity index (χ0v) is 16.0. The van der Waals surface area contributed by atoms with E-state index in [-0.39, 0.29) is 24.2 Å². The number of ether oxygens (including phenoxy) is 1. The highest BCUT2D eigenvalue weighted by atomic mass is 19.1. The Morgan fingerprint density at radius 1 is 1.30 bits per heavy atom. The topological polar surface area (TPSA) is 88.4 Å². The van der Waals surface area contributed by atoms with Gasteiger partial charge in [-0.3, -0.25) is 14.3 Å². The van der Waals surface area contributed by atoms with Gasteiger partial charge in [0.1, 0.15) is 12.3 Å². The zero-order valence-electron chi connectivity index (χ0n) is 16.0. The summed E-state index contributed by atoms with van der Waals surface area (Å²) in [5.41, 5.74) is 2.01. The number of aromatic amines is 1. The molecule has 1 aliphatic heterocycles. The average molecular weight is 406 g/mol. The molecule has 9 heteroatoms. The Kier molecular flexibility index (Phi) is 4.62. The van der Waals surface area contributed by atoms with E-state index < -0.39 is 5.82 Å². The number of hydrogen-bond donors (Lipinski definition) is 1. The molecule has 1 N–H and O–H groups in total. The summed E-state index contributed by atoms with van der Waals surface area (Å²) in [6.45, 7) is 1.40. The molecule has 5 rings (SSSR count). The van der Waals surface area contributed by atoms with Crippen LogP contribution in [-0.4, -0.2) is 48.5 Å². The van der Waals surface area contributed by atoms with Crippen molar-refractivity contribution >= 4 is 11.7 Å². The number of hydrogen-bond acceptors (Lipinski definition) is 5.